The van der Waals surface area contributed by atoms with E-state index in [9.17, 15) is 5.11 Å². The molecule has 0 atom stereocenters. The van der Waals surface area contributed by atoms with Gasteiger partial charge < -0.3 is 9.63 Å². The number of aromatic nitrogens is 1. The first-order valence-corrected chi connectivity index (χ1v) is 4.74. The van der Waals surface area contributed by atoms with Gasteiger partial charge in [0.2, 0.25) is 0 Å². The zero-order chi connectivity index (χ0) is 10.1. The smallest absolute Gasteiger partial charge is 0.144 e. The summed E-state index contributed by atoms with van der Waals surface area (Å²) >= 11 is 0. The zero-order valence-electron chi connectivity index (χ0n) is 8.32. The third kappa shape index (κ3) is 1.58. The minimum absolute atomic E-state index is 0.255. The van der Waals surface area contributed by atoms with Crippen molar-refractivity contribution in [2.75, 3.05) is 0 Å². The Labute approximate surface area is 82.3 Å². The van der Waals surface area contributed by atoms with Crippen molar-refractivity contribution in [1.29, 1.82) is 0 Å². The van der Waals surface area contributed by atoms with Crippen LogP contribution in [0.1, 0.15) is 19.6 Å². The van der Waals surface area contributed by atoms with Gasteiger partial charge in [-0.05, 0) is 24.1 Å². The summed E-state index contributed by atoms with van der Waals surface area (Å²) in [4.78, 5) is 0. The molecule has 1 aromatic heterocycles. The summed E-state index contributed by atoms with van der Waals surface area (Å²) in [6.07, 6.45) is 0.847. The molecule has 0 fully saturated rings. The van der Waals surface area contributed by atoms with Crippen LogP contribution in [0.2, 0.25) is 0 Å². The predicted octanol–water partition coefficient (Wildman–Crippen LogP) is 2.73. The Morgan fingerprint density at radius 3 is 2.93 bits per heavy atom. The maximum atomic E-state index is 9.34. The predicted molar refractivity (Wildman–Crippen MR) is 54.2 cm³/mol. The minimum Gasteiger partial charge on any atom is -0.508 e. The van der Waals surface area contributed by atoms with Crippen LogP contribution < -0.4 is 0 Å². The normalized spacial score (nSPS) is 11.4. The zero-order valence-corrected chi connectivity index (χ0v) is 8.32. The quantitative estimate of drug-likeness (QED) is 0.793. The van der Waals surface area contributed by atoms with Crippen molar-refractivity contribution in [2.24, 2.45) is 5.92 Å². The maximum absolute atomic E-state index is 9.34. The van der Waals surface area contributed by atoms with Crippen molar-refractivity contribution in [3.63, 3.8) is 0 Å². The number of aromatic hydroxyl groups is 1. The van der Waals surface area contributed by atoms with Gasteiger partial charge in [0.15, 0.2) is 0 Å². The molecule has 0 aliphatic carbocycles. The highest BCUT2D eigenvalue weighted by Crippen LogP contribution is 2.24. The van der Waals surface area contributed by atoms with E-state index in [0.29, 0.717) is 5.92 Å². The van der Waals surface area contributed by atoms with Crippen LogP contribution in [0.25, 0.3) is 10.9 Å². The summed E-state index contributed by atoms with van der Waals surface area (Å²) in [6.45, 7) is 4.24. The molecule has 0 saturated carbocycles. The van der Waals surface area contributed by atoms with E-state index < -0.39 is 0 Å². The summed E-state index contributed by atoms with van der Waals surface area (Å²) < 4.78 is 5.22. The van der Waals surface area contributed by atoms with Crippen LogP contribution in [-0.2, 0) is 6.42 Å². The van der Waals surface area contributed by atoms with E-state index in [4.69, 9.17) is 4.52 Å². The van der Waals surface area contributed by atoms with Gasteiger partial charge in [0, 0.05) is 11.8 Å². The summed E-state index contributed by atoms with van der Waals surface area (Å²) in [5.41, 5.74) is 0.804. The fourth-order valence-electron chi connectivity index (χ4n) is 1.50. The molecule has 74 valence electrons. The van der Waals surface area contributed by atoms with E-state index in [1.54, 1.807) is 18.2 Å². The highest BCUT2D eigenvalue weighted by molar-refractivity contribution is 5.81. The van der Waals surface area contributed by atoms with Crippen LogP contribution in [-0.4, -0.2) is 10.3 Å². The monoisotopic (exact) mass is 191 g/mol. The molecule has 1 N–H and O–H groups in total. The number of hydrogen-bond donors (Lipinski definition) is 1. The van der Waals surface area contributed by atoms with Crippen LogP contribution >= 0.6 is 0 Å². The number of nitrogens with zero attached hydrogens (tertiary/aromatic N) is 1. The lowest BCUT2D eigenvalue weighted by Crippen LogP contribution is -1.91. The Kier molecular flexibility index (Phi) is 2.15. The van der Waals surface area contributed by atoms with E-state index in [2.05, 4.69) is 19.0 Å². The molecular weight excluding hydrogens is 178 g/mol. The fraction of sp³-hybridized carbons (Fsp3) is 0.364. The van der Waals surface area contributed by atoms with Crippen molar-refractivity contribution in [3.05, 3.63) is 24.0 Å². The standard InChI is InChI=1S/C11H13NO2/c1-7(2)5-11-9-6-8(13)3-4-10(9)12-14-11/h3-4,6-7,13H,5H2,1-2H3. The van der Waals surface area contributed by atoms with Gasteiger partial charge in [-0.25, -0.2) is 0 Å². The molecule has 2 rings (SSSR count). The van der Waals surface area contributed by atoms with Gasteiger partial charge in [0.05, 0.1) is 0 Å². The lowest BCUT2D eigenvalue weighted by atomic mass is 10.1. The number of phenolic OH excluding ortho intramolecular Hbond substituents is 1. The van der Waals surface area contributed by atoms with Crippen molar-refractivity contribution >= 4 is 10.9 Å². The SMILES string of the molecule is CC(C)Cc1onc2ccc(O)cc12. The molecule has 0 radical (unpaired) electrons. The summed E-state index contributed by atoms with van der Waals surface area (Å²) in [7, 11) is 0. The van der Waals surface area contributed by atoms with Crippen molar-refractivity contribution in [2.45, 2.75) is 20.3 Å². The molecule has 1 heterocycles. The van der Waals surface area contributed by atoms with Crippen molar-refractivity contribution < 1.29 is 9.63 Å². The Bertz CT molecular complexity index is 445. The van der Waals surface area contributed by atoms with E-state index >= 15 is 0 Å². The van der Waals surface area contributed by atoms with Crippen LogP contribution in [0.15, 0.2) is 22.7 Å². The van der Waals surface area contributed by atoms with Crippen LogP contribution in [0.4, 0.5) is 0 Å². The van der Waals surface area contributed by atoms with Gasteiger partial charge >= 0.3 is 0 Å². The van der Waals surface area contributed by atoms with E-state index in [-0.39, 0.29) is 5.75 Å². The molecule has 14 heavy (non-hydrogen) atoms. The van der Waals surface area contributed by atoms with Crippen molar-refractivity contribution in [3.8, 4) is 5.75 Å². The Hall–Kier alpha value is -1.51. The number of fused-ring (bicyclic) bond motifs is 1. The molecule has 0 bridgehead atoms. The van der Waals surface area contributed by atoms with Crippen LogP contribution in [0, 0.1) is 5.92 Å². The van der Waals surface area contributed by atoms with Crippen LogP contribution in [0.3, 0.4) is 0 Å². The molecule has 3 nitrogen and oxygen atoms in total. The van der Waals surface area contributed by atoms with Crippen LogP contribution in [0.5, 0.6) is 5.75 Å². The van der Waals surface area contributed by atoms with Gasteiger partial charge in [-0.3, -0.25) is 0 Å². The molecular formula is C11H13NO2. The molecule has 3 heteroatoms. The molecule has 0 saturated heterocycles. The summed E-state index contributed by atoms with van der Waals surface area (Å²) in [6, 6.07) is 5.07. The van der Waals surface area contributed by atoms with Gasteiger partial charge in [0.1, 0.15) is 17.0 Å². The summed E-state index contributed by atoms with van der Waals surface area (Å²) in [5.74, 6) is 1.63. The van der Waals surface area contributed by atoms with Gasteiger partial charge in [0.25, 0.3) is 0 Å². The first-order chi connectivity index (χ1) is 6.66. The third-order valence-corrected chi connectivity index (χ3v) is 2.13. The highest BCUT2D eigenvalue weighted by atomic mass is 16.5. The molecule has 0 aliphatic rings. The number of hydrogen-bond acceptors (Lipinski definition) is 3. The fourth-order valence-corrected chi connectivity index (χ4v) is 1.50. The van der Waals surface area contributed by atoms with Crippen molar-refractivity contribution in [1.82, 2.24) is 5.16 Å². The molecule has 0 aliphatic heterocycles. The molecule has 2 aromatic rings. The Morgan fingerprint density at radius 1 is 1.43 bits per heavy atom. The number of rotatable bonds is 2. The Balaban J connectivity index is 2.50. The van der Waals surface area contributed by atoms with Gasteiger partial charge in [-0.2, -0.15) is 0 Å². The molecule has 0 unspecified atom stereocenters. The minimum atomic E-state index is 0.255. The lowest BCUT2D eigenvalue weighted by Gasteiger charge is -1.99. The van der Waals surface area contributed by atoms with Gasteiger partial charge in [-0.15, -0.1) is 0 Å². The van der Waals surface area contributed by atoms with Gasteiger partial charge in [-0.1, -0.05) is 19.0 Å². The number of phenols is 1. The second-order valence-corrected chi connectivity index (χ2v) is 3.91. The summed E-state index contributed by atoms with van der Waals surface area (Å²) in [5, 5.41) is 14.2. The molecule has 1 aromatic carbocycles. The average molecular weight is 191 g/mol. The average Bonchev–Trinajstić information content (AvgIpc) is 2.47. The molecule has 0 amide bonds. The Morgan fingerprint density at radius 2 is 2.21 bits per heavy atom. The number of benzene rings is 1. The van der Waals surface area contributed by atoms with E-state index in [1.807, 2.05) is 0 Å². The highest BCUT2D eigenvalue weighted by Gasteiger charge is 2.10. The second-order valence-electron chi connectivity index (χ2n) is 3.91. The molecule has 0 spiro atoms. The topological polar surface area (TPSA) is 46.3 Å². The first-order valence-electron chi connectivity index (χ1n) is 4.74. The van der Waals surface area contributed by atoms with E-state index in [0.717, 1.165) is 23.1 Å². The lowest BCUT2D eigenvalue weighted by molar-refractivity contribution is 0.376. The maximum Gasteiger partial charge on any atom is 0.144 e. The largest absolute Gasteiger partial charge is 0.508 e. The van der Waals surface area contributed by atoms with E-state index in [1.165, 1.54) is 0 Å². The first kappa shape index (κ1) is 9.06. The second kappa shape index (κ2) is 3.33. The third-order valence-electron chi connectivity index (χ3n) is 2.13.